The van der Waals surface area contributed by atoms with E-state index in [4.69, 9.17) is 23.2 Å². The van der Waals surface area contributed by atoms with E-state index in [1.54, 1.807) is 0 Å². The summed E-state index contributed by atoms with van der Waals surface area (Å²) in [5, 5.41) is -0.108. The molecule has 0 atom stereocenters. The van der Waals surface area contributed by atoms with E-state index in [-0.39, 0.29) is 27.2 Å². The molecule has 0 aliphatic rings. The lowest BCUT2D eigenvalue weighted by atomic mass is 10.2. The van der Waals surface area contributed by atoms with Crippen molar-refractivity contribution in [2.24, 2.45) is 0 Å². The van der Waals surface area contributed by atoms with Gasteiger partial charge < -0.3 is 0 Å². The molecule has 0 radical (unpaired) electrons. The molecule has 1 amide bonds. The van der Waals surface area contributed by atoms with Gasteiger partial charge in [-0.3, -0.25) is 20.2 Å². The third-order valence-corrected chi connectivity index (χ3v) is 4.11. The number of pyridine rings is 1. The molecule has 0 spiro atoms. The van der Waals surface area contributed by atoms with Crippen LogP contribution in [0.1, 0.15) is 16.1 Å². The Bertz CT molecular complexity index is 1040. The van der Waals surface area contributed by atoms with Gasteiger partial charge in [0.05, 0.1) is 16.3 Å². The minimum Gasteiger partial charge on any atom is -0.295 e. The fraction of sp³-hybridized carbons (Fsp3) is 0.0588. The van der Waals surface area contributed by atoms with Crippen LogP contribution in [0.3, 0.4) is 0 Å². The molecule has 0 saturated heterocycles. The summed E-state index contributed by atoms with van der Waals surface area (Å²) in [7, 11) is 0. The van der Waals surface area contributed by atoms with Crippen LogP contribution >= 0.6 is 23.2 Å². The lowest BCUT2D eigenvalue weighted by Gasteiger charge is -2.13. The molecule has 0 unspecified atom stereocenters. The molecular weight excluding hydrogens is 423 g/mol. The van der Waals surface area contributed by atoms with Crippen molar-refractivity contribution in [3.05, 3.63) is 75.9 Å². The summed E-state index contributed by atoms with van der Waals surface area (Å²) in [6.07, 6.45) is -2.58. The molecule has 11 heteroatoms. The number of nitrogens with zero attached hydrogens (tertiary/aromatic N) is 2. The minimum absolute atomic E-state index is 0.0102. The lowest BCUT2D eigenvalue weighted by molar-refractivity contribution is -0.137. The van der Waals surface area contributed by atoms with Crippen LogP contribution in [0.5, 0.6) is 0 Å². The van der Waals surface area contributed by atoms with E-state index in [1.165, 1.54) is 35.0 Å². The summed E-state index contributed by atoms with van der Waals surface area (Å²) in [4.78, 5) is 16.1. The zero-order valence-electron chi connectivity index (χ0n) is 13.7. The normalized spacial score (nSPS) is 11.4. The van der Waals surface area contributed by atoms with Gasteiger partial charge in [-0.2, -0.15) is 13.2 Å². The van der Waals surface area contributed by atoms with Crippen molar-refractivity contribution in [3.63, 3.8) is 0 Å². The molecule has 0 fully saturated rings. The highest BCUT2D eigenvalue weighted by Crippen LogP contribution is 2.32. The van der Waals surface area contributed by atoms with Gasteiger partial charge in [0, 0.05) is 17.4 Å². The van der Waals surface area contributed by atoms with Gasteiger partial charge in [-0.05, 0) is 36.4 Å². The van der Waals surface area contributed by atoms with Crippen molar-refractivity contribution in [2.75, 3.05) is 5.43 Å². The fourth-order valence-electron chi connectivity index (χ4n) is 2.29. The van der Waals surface area contributed by atoms with E-state index in [9.17, 15) is 22.4 Å². The van der Waals surface area contributed by atoms with Gasteiger partial charge in [-0.25, -0.2) is 9.37 Å². The number of nitrogens with one attached hydrogen (secondary N) is 2. The predicted octanol–water partition coefficient (Wildman–Crippen LogP) is 5.09. The van der Waals surface area contributed by atoms with E-state index in [0.29, 0.717) is 12.3 Å². The Morgan fingerprint density at radius 2 is 1.89 bits per heavy atom. The second-order valence-electron chi connectivity index (χ2n) is 5.49. The average molecular weight is 433 g/mol. The van der Waals surface area contributed by atoms with Crippen LogP contribution in [-0.2, 0) is 6.18 Å². The predicted molar refractivity (Wildman–Crippen MR) is 96.1 cm³/mol. The number of aromatic nitrogens is 2. The second kappa shape index (κ2) is 7.69. The van der Waals surface area contributed by atoms with Crippen molar-refractivity contribution >= 4 is 34.8 Å². The molecule has 0 aliphatic carbocycles. The molecule has 0 saturated carbocycles. The Hall–Kier alpha value is -2.78. The van der Waals surface area contributed by atoms with Crippen molar-refractivity contribution in [3.8, 4) is 5.82 Å². The number of alkyl halides is 3. The highest BCUT2D eigenvalue weighted by atomic mass is 35.5. The molecular formula is C17H10Cl2F4N4O. The first-order valence-electron chi connectivity index (χ1n) is 7.58. The maximum absolute atomic E-state index is 13.8. The Morgan fingerprint density at radius 3 is 2.54 bits per heavy atom. The first kappa shape index (κ1) is 20.0. The van der Waals surface area contributed by atoms with Crippen molar-refractivity contribution in [2.45, 2.75) is 6.18 Å². The average Bonchev–Trinajstić information content (AvgIpc) is 3.09. The van der Waals surface area contributed by atoms with Crippen LogP contribution in [0.2, 0.25) is 10.0 Å². The Balaban J connectivity index is 1.82. The SMILES string of the molecule is O=C(NNc1ccc(Cl)cc1F)c1cccn1-c1ncc(C(F)(F)F)cc1Cl. The number of halogens is 6. The van der Waals surface area contributed by atoms with E-state index >= 15 is 0 Å². The molecule has 28 heavy (non-hydrogen) atoms. The van der Waals surface area contributed by atoms with Crippen LogP contribution in [-0.4, -0.2) is 15.5 Å². The van der Waals surface area contributed by atoms with E-state index < -0.39 is 23.5 Å². The van der Waals surface area contributed by atoms with E-state index in [2.05, 4.69) is 15.8 Å². The molecule has 5 nitrogen and oxygen atoms in total. The zero-order valence-corrected chi connectivity index (χ0v) is 15.2. The Kier molecular flexibility index (Phi) is 5.48. The van der Waals surface area contributed by atoms with Gasteiger partial charge in [0.1, 0.15) is 11.5 Å². The number of hydrogen-bond acceptors (Lipinski definition) is 3. The van der Waals surface area contributed by atoms with Gasteiger partial charge in [0.15, 0.2) is 5.82 Å². The van der Waals surface area contributed by atoms with Crippen LogP contribution in [0.25, 0.3) is 5.82 Å². The number of hydrazine groups is 1. The molecule has 0 bridgehead atoms. The molecule has 3 rings (SSSR count). The van der Waals surface area contributed by atoms with Gasteiger partial charge in [-0.1, -0.05) is 23.2 Å². The van der Waals surface area contributed by atoms with E-state index in [1.807, 2.05) is 0 Å². The summed E-state index contributed by atoms with van der Waals surface area (Å²) in [6, 6.07) is 7.40. The molecule has 1 aromatic carbocycles. The number of benzene rings is 1. The number of hydrogen-bond donors (Lipinski definition) is 2. The van der Waals surface area contributed by atoms with Crippen molar-refractivity contribution in [1.82, 2.24) is 15.0 Å². The number of rotatable bonds is 4. The number of anilines is 1. The maximum Gasteiger partial charge on any atom is 0.417 e. The number of amides is 1. The van der Waals surface area contributed by atoms with Crippen LogP contribution in [0.4, 0.5) is 23.2 Å². The Morgan fingerprint density at radius 1 is 1.14 bits per heavy atom. The first-order chi connectivity index (χ1) is 13.2. The molecule has 2 heterocycles. The highest BCUT2D eigenvalue weighted by molar-refractivity contribution is 6.32. The molecule has 146 valence electrons. The molecule has 0 aliphatic heterocycles. The zero-order chi connectivity index (χ0) is 20.5. The topological polar surface area (TPSA) is 59.0 Å². The monoisotopic (exact) mass is 432 g/mol. The van der Waals surface area contributed by atoms with Gasteiger partial charge in [0.25, 0.3) is 5.91 Å². The summed E-state index contributed by atoms with van der Waals surface area (Å²) in [6.45, 7) is 0. The van der Waals surface area contributed by atoms with Gasteiger partial charge >= 0.3 is 6.18 Å². The first-order valence-corrected chi connectivity index (χ1v) is 8.34. The highest BCUT2D eigenvalue weighted by Gasteiger charge is 2.32. The van der Waals surface area contributed by atoms with Gasteiger partial charge in [0.2, 0.25) is 0 Å². The summed E-state index contributed by atoms with van der Waals surface area (Å²) >= 11 is 11.6. The fourth-order valence-corrected chi connectivity index (χ4v) is 2.71. The van der Waals surface area contributed by atoms with Crippen molar-refractivity contribution in [1.29, 1.82) is 0 Å². The van der Waals surface area contributed by atoms with Crippen molar-refractivity contribution < 1.29 is 22.4 Å². The van der Waals surface area contributed by atoms with Crippen LogP contribution in [0.15, 0.2) is 48.8 Å². The van der Waals surface area contributed by atoms with E-state index in [0.717, 1.165) is 6.07 Å². The summed E-state index contributed by atoms with van der Waals surface area (Å²) < 4.78 is 53.2. The second-order valence-corrected chi connectivity index (χ2v) is 6.34. The third kappa shape index (κ3) is 4.20. The molecule has 3 aromatic rings. The van der Waals surface area contributed by atoms with Gasteiger partial charge in [-0.15, -0.1) is 0 Å². The largest absolute Gasteiger partial charge is 0.417 e. The summed E-state index contributed by atoms with van der Waals surface area (Å²) in [5.41, 5.74) is 3.65. The molecule has 2 aromatic heterocycles. The maximum atomic E-state index is 13.8. The third-order valence-electron chi connectivity index (χ3n) is 3.60. The van der Waals surface area contributed by atoms with Crippen LogP contribution < -0.4 is 10.9 Å². The molecule has 2 N–H and O–H groups in total. The number of carbonyl (C=O) groups excluding carboxylic acids is 1. The minimum atomic E-state index is -4.60. The lowest BCUT2D eigenvalue weighted by Crippen LogP contribution is -2.31. The smallest absolute Gasteiger partial charge is 0.295 e. The van der Waals surface area contributed by atoms with Crippen LogP contribution in [0, 0.1) is 5.82 Å². The summed E-state index contributed by atoms with van der Waals surface area (Å²) in [5.74, 6) is -1.45. The standard InChI is InChI=1S/C17H10Cl2F4N4O/c18-10-3-4-13(12(20)7-10)25-26-16(28)14-2-1-5-27(14)15-11(19)6-9(8-24-15)17(21,22)23/h1-8,25H,(H,26,28). The Labute approximate surface area is 165 Å². The quantitative estimate of drug-likeness (QED) is 0.445. The number of carbonyl (C=O) groups is 1.